The number of hydrogen-bond acceptors (Lipinski definition) is 3. The normalized spacial score (nSPS) is 15.5. The summed E-state index contributed by atoms with van der Waals surface area (Å²) >= 11 is 0. The first-order chi connectivity index (χ1) is 17.3. The van der Waals surface area contributed by atoms with Crippen LogP contribution in [0.4, 0.5) is 4.39 Å². The fraction of sp³-hybridized carbons (Fsp3) is 0.500. The molecule has 4 rings (SSSR count). The van der Waals surface area contributed by atoms with E-state index in [2.05, 4.69) is 40.7 Å². The Labute approximate surface area is 214 Å². The number of carbonyl (C=O) groups is 1. The van der Waals surface area contributed by atoms with Gasteiger partial charge in [-0.05, 0) is 94.3 Å². The van der Waals surface area contributed by atoms with Crippen LogP contribution in [0.15, 0.2) is 48.5 Å². The molecular formula is C30H40FN3O2. The number of fused-ring (bicyclic) bond motifs is 1. The van der Waals surface area contributed by atoms with E-state index in [1.165, 1.54) is 22.2 Å². The Morgan fingerprint density at radius 2 is 1.81 bits per heavy atom. The number of piperidine rings is 1. The van der Waals surface area contributed by atoms with Gasteiger partial charge in [0.15, 0.2) is 0 Å². The molecule has 0 bridgehead atoms. The Bertz CT molecular complexity index is 1160. The van der Waals surface area contributed by atoms with Crippen molar-refractivity contribution in [3.8, 4) is 0 Å². The molecule has 1 amide bonds. The van der Waals surface area contributed by atoms with Crippen molar-refractivity contribution in [3.05, 3.63) is 70.9 Å². The SMILES string of the molecule is CCCCc1c(Cc2ccc(C(=O)NO)cc2)c2ccccc2n1CC1CCN(CC(C)(C)F)CC1. The molecule has 2 N–H and O–H groups in total. The van der Waals surface area contributed by atoms with E-state index < -0.39 is 11.6 Å². The number of para-hydroxylation sites is 1. The molecule has 2 aromatic carbocycles. The van der Waals surface area contributed by atoms with E-state index in [0.717, 1.165) is 63.7 Å². The third-order valence-corrected chi connectivity index (χ3v) is 7.41. The first-order valence-electron chi connectivity index (χ1n) is 13.3. The van der Waals surface area contributed by atoms with Crippen LogP contribution >= 0.6 is 0 Å². The molecule has 0 aliphatic carbocycles. The van der Waals surface area contributed by atoms with Crippen molar-refractivity contribution in [2.75, 3.05) is 19.6 Å². The Hall–Kier alpha value is -2.70. The van der Waals surface area contributed by atoms with Gasteiger partial charge in [0.05, 0.1) is 0 Å². The van der Waals surface area contributed by atoms with Gasteiger partial charge < -0.3 is 9.47 Å². The molecule has 1 aliphatic rings. The molecule has 0 unspecified atom stereocenters. The highest BCUT2D eigenvalue weighted by Gasteiger charge is 2.27. The van der Waals surface area contributed by atoms with Crippen molar-refractivity contribution in [1.82, 2.24) is 14.9 Å². The third-order valence-electron chi connectivity index (χ3n) is 7.41. The Balaban J connectivity index is 1.60. The molecule has 0 radical (unpaired) electrons. The second-order valence-electron chi connectivity index (χ2n) is 10.9. The van der Waals surface area contributed by atoms with Gasteiger partial charge in [0.1, 0.15) is 5.67 Å². The van der Waals surface area contributed by atoms with E-state index in [0.29, 0.717) is 18.0 Å². The average molecular weight is 494 g/mol. The number of amides is 1. The lowest BCUT2D eigenvalue weighted by molar-refractivity contribution is 0.0706. The molecular weight excluding hydrogens is 453 g/mol. The number of benzene rings is 2. The number of aromatic nitrogens is 1. The predicted octanol–water partition coefficient (Wildman–Crippen LogP) is 6.15. The summed E-state index contributed by atoms with van der Waals surface area (Å²) in [6, 6.07) is 16.2. The van der Waals surface area contributed by atoms with E-state index in [4.69, 9.17) is 5.21 Å². The van der Waals surface area contributed by atoms with Crippen molar-refractivity contribution >= 4 is 16.8 Å². The highest BCUT2D eigenvalue weighted by atomic mass is 19.1. The number of alkyl halides is 1. The zero-order valence-electron chi connectivity index (χ0n) is 21.9. The number of halogens is 1. The summed E-state index contributed by atoms with van der Waals surface area (Å²) in [4.78, 5) is 14.0. The third kappa shape index (κ3) is 6.34. The maximum Gasteiger partial charge on any atom is 0.274 e. The zero-order chi connectivity index (χ0) is 25.7. The van der Waals surface area contributed by atoms with Crippen LogP contribution in [-0.4, -0.2) is 45.9 Å². The monoisotopic (exact) mass is 493 g/mol. The topological polar surface area (TPSA) is 57.5 Å². The van der Waals surface area contributed by atoms with Gasteiger partial charge in [-0.1, -0.05) is 43.7 Å². The van der Waals surface area contributed by atoms with Gasteiger partial charge in [-0.15, -0.1) is 0 Å². The quantitative estimate of drug-likeness (QED) is 0.263. The maximum absolute atomic E-state index is 14.1. The van der Waals surface area contributed by atoms with Gasteiger partial charge in [-0.25, -0.2) is 9.87 Å². The van der Waals surface area contributed by atoms with E-state index in [9.17, 15) is 9.18 Å². The second kappa shape index (κ2) is 11.6. The lowest BCUT2D eigenvalue weighted by Gasteiger charge is -2.35. The number of hydrogen-bond donors (Lipinski definition) is 2. The second-order valence-corrected chi connectivity index (χ2v) is 10.9. The number of unbranched alkanes of at least 4 members (excludes halogenated alkanes) is 1. The average Bonchev–Trinajstić information content (AvgIpc) is 3.15. The minimum atomic E-state index is -1.15. The van der Waals surface area contributed by atoms with Gasteiger partial charge in [-0.3, -0.25) is 10.0 Å². The number of nitrogens with zero attached hydrogens (tertiary/aromatic N) is 2. The summed E-state index contributed by atoms with van der Waals surface area (Å²) in [5.41, 5.74) is 6.22. The number of carbonyl (C=O) groups excluding carboxylic acids is 1. The summed E-state index contributed by atoms with van der Waals surface area (Å²) in [5.74, 6) is 0.0900. The van der Waals surface area contributed by atoms with Crippen molar-refractivity contribution in [1.29, 1.82) is 0 Å². The van der Waals surface area contributed by atoms with Crippen LogP contribution in [0.3, 0.4) is 0 Å². The number of hydroxylamine groups is 1. The van der Waals surface area contributed by atoms with Crippen LogP contribution in [0.1, 0.15) is 73.6 Å². The lowest BCUT2D eigenvalue weighted by Crippen LogP contribution is -2.41. The summed E-state index contributed by atoms with van der Waals surface area (Å²) in [6.45, 7) is 9.01. The van der Waals surface area contributed by atoms with Crippen molar-refractivity contribution in [2.24, 2.45) is 5.92 Å². The Morgan fingerprint density at radius 1 is 1.11 bits per heavy atom. The largest absolute Gasteiger partial charge is 0.344 e. The first kappa shape index (κ1) is 26.4. The van der Waals surface area contributed by atoms with Gasteiger partial charge in [0.2, 0.25) is 0 Å². The standard InChI is InChI=1S/C30H40FN3O2/c1-4-5-9-28-26(19-22-11-13-24(14-12-22)29(35)32-36)25-8-6-7-10-27(25)34(28)20-23-15-17-33(18-16-23)21-30(2,3)31/h6-8,10-14,23,36H,4-5,9,15-21H2,1-3H3,(H,32,35). The van der Waals surface area contributed by atoms with Gasteiger partial charge >= 0.3 is 0 Å². The van der Waals surface area contributed by atoms with Gasteiger partial charge in [-0.2, -0.15) is 0 Å². The molecule has 2 heterocycles. The van der Waals surface area contributed by atoms with E-state index in [1.807, 2.05) is 12.1 Å². The smallest absolute Gasteiger partial charge is 0.274 e. The molecule has 3 aromatic rings. The number of likely N-dealkylation sites (tertiary alicyclic amines) is 1. The molecule has 0 saturated carbocycles. The van der Waals surface area contributed by atoms with Crippen LogP contribution < -0.4 is 5.48 Å². The molecule has 0 atom stereocenters. The van der Waals surface area contributed by atoms with Gasteiger partial charge in [0, 0.05) is 35.2 Å². The molecule has 1 aromatic heterocycles. The van der Waals surface area contributed by atoms with Gasteiger partial charge in [0.25, 0.3) is 5.91 Å². The van der Waals surface area contributed by atoms with Crippen LogP contribution in [0.5, 0.6) is 0 Å². The van der Waals surface area contributed by atoms with E-state index in [1.54, 1.807) is 31.5 Å². The summed E-state index contributed by atoms with van der Waals surface area (Å²) in [7, 11) is 0. The fourth-order valence-electron chi connectivity index (χ4n) is 5.62. The highest BCUT2D eigenvalue weighted by molar-refractivity contribution is 5.93. The van der Waals surface area contributed by atoms with Crippen LogP contribution in [0.25, 0.3) is 10.9 Å². The molecule has 1 aliphatic heterocycles. The predicted molar refractivity (Wildman–Crippen MR) is 143 cm³/mol. The van der Waals surface area contributed by atoms with E-state index >= 15 is 0 Å². The first-order valence-corrected chi connectivity index (χ1v) is 13.3. The van der Waals surface area contributed by atoms with Crippen molar-refractivity contribution in [2.45, 2.75) is 71.5 Å². The molecule has 5 nitrogen and oxygen atoms in total. The summed E-state index contributed by atoms with van der Waals surface area (Å²) < 4.78 is 16.7. The fourth-order valence-corrected chi connectivity index (χ4v) is 5.62. The number of rotatable bonds is 10. The van der Waals surface area contributed by atoms with Crippen molar-refractivity contribution < 1.29 is 14.4 Å². The minimum Gasteiger partial charge on any atom is -0.344 e. The molecule has 0 spiro atoms. The Kier molecular flexibility index (Phi) is 8.47. The van der Waals surface area contributed by atoms with Crippen LogP contribution in [0.2, 0.25) is 0 Å². The molecule has 36 heavy (non-hydrogen) atoms. The van der Waals surface area contributed by atoms with Crippen LogP contribution in [0, 0.1) is 5.92 Å². The van der Waals surface area contributed by atoms with Crippen molar-refractivity contribution in [3.63, 3.8) is 0 Å². The molecule has 1 saturated heterocycles. The Morgan fingerprint density at radius 3 is 2.44 bits per heavy atom. The molecule has 1 fully saturated rings. The minimum absolute atomic E-state index is 0.442. The lowest BCUT2D eigenvalue weighted by atomic mass is 9.95. The summed E-state index contributed by atoms with van der Waals surface area (Å²) in [6.07, 6.45) is 6.32. The van der Waals surface area contributed by atoms with Crippen LogP contribution in [-0.2, 0) is 19.4 Å². The van der Waals surface area contributed by atoms with E-state index in [-0.39, 0.29) is 0 Å². The molecule has 194 valence electrons. The molecule has 6 heteroatoms. The summed E-state index contributed by atoms with van der Waals surface area (Å²) in [5, 5.41) is 10.2. The highest BCUT2D eigenvalue weighted by Crippen LogP contribution is 2.32. The zero-order valence-corrected chi connectivity index (χ0v) is 21.9. The number of nitrogens with one attached hydrogen (secondary N) is 1. The maximum atomic E-state index is 14.1.